The molecular weight excluding hydrogens is 262 g/mol. The largest absolute Gasteiger partial charge is 0.349 e. The molecule has 0 unspecified atom stereocenters. The minimum Gasteiger partial charge on any atom is -0.349 e. The highest BCUT2D eigenvalue weighted by Gasteiger charge is 2.54. The van der Waals surface area contributed by atoms with Crippen LogP contribution in [0.4, 0.5) is 0 Å². The van der Waals surface area contributed by atoms with Gasteiger partial charge in [-0.05, 0) is 43.7 Å². The van der Waals surface area contributed by atoms with Gasteiger partial charge in [-0.3, -0.25) is 4.79 Å². The maximum Gasteiger partial charge on any atom is 0.270 e. The molecule has 3 aliphatic carbocycles. The van der Waals surface area contributed by atoms with Gasteiger partial charge in [-0.25, -0.2) is 0 Å². The molecule has 3 aliphatic rings. The van der Waals surface area contributed by atoms with Crippen molar-refractivity contribution in [1.29, 1.82) is 5.26 Å². The fraction of sp³-hybridized carbons (Fsp3) is 0.412. The summed E-state index contributed by atoms with van der Waals surface area (Å²) in [7, 11) is 1.92. The molecule has 3 fully saturated rings. The standard InChI is InChI=1S/C17H17N3O/c1-20(17-6-5-11(8-17)9-17)16(21)14-7-12-3-2-4-13(10-18)15(12)19-14/h2-4,7,11,19H,5-6,8-9H2,1H3. The second-order valence-corrected chi connectivity index (χ2v) is 6.47. The Morgan fingerprint density at radius 2 is 2.29 bits per heavy atom. The summed E-state index contributed by atoms with van der Waals surface area (Å²) < 4.78 is 0. The molecule has 1 heterocycles. The number of carbonyl (C=O) groups is 1. The van der Waals surface area contributed by atoms with Crippen molar-refractivity contribution in [3.63, 3.8) is 0 Å². The summed E-state index contributed by atoms with van der Waals surface area (Å²) >= 11 is 0. The summed E-state index contributed by atoms with van der Waals surface area (Å²) in [5, 5.41) is 10.1. The Balaban J connectivity index is 1.70. The molecule has 2 aromatic rings. The van der Waals surface area contributed by atoms with Crippen LogP contribution in [0.1, 0.15) is 41.7 Å². The first kappa shape index (κ1) is 12.5. The summed E-state index contributed by atoms with van der Waals surface area (Å²) in [5.41, 5.74) is 2.01. The number of amides is 1. The molecule has 4 nitrogen and oxygen atoms in total. The Morgan fingerprint density at radius 3 is 2.95 bits per heavy atom. The zero-order valence-corrected chi connectivity index (χ0v) is 12.0. The molecule has 3 saturated carbocycles. The quantitative estimate of drug-likeness (QED) is 0.918. The van der Waals surface area contributed by atoms with Gasteiger partial charge in [-0.1, -0.05) is 12.1 Å². The molecular formula is C17H17N3O. The predicted molar refractivity (Wildman–Crippen MR) is 79.8 cm³/mol. The Labute approximate surface area is 123 Å². The molecule has 5 rings (SSSR count). The van der Waals surface area contributed by atoms with E-state index in [2.05, 4.69) is 11.1 Å². The van der Waals surface area contributed by atoms with Gasteiger partial charge >= 0.3 is 0 Å². The SMILES string of the molecule is CN(C(=O)c1cc2cccc(C#N)c2[nH]1)C12CCC(C1)C2. The number of fused-ring (bicyclic) bond motifs is 2. The van der Waals surface area contributed by atoms with E-state index < -0.39 is 0 Å². The number of aromatic amines is 1. The molecule has 1 amide bonds. The number of para-hydroxylation sites is 1. The number of H-pyrrole nitrogens is 1. The van der Waals surface area contributed by atoms with Crippen molar-refractivity contribution < 1.29 is 4.79 Å². The lowest BCUT2D eigenvalue weighted by Gasteiger charge is -2.45. The second-order valence-electron chi connectivity index (χ2n) is 6.47. The van der Waals surface area contributed by atoms with Crippen molar-refractivity contribution in [1.82, 2.24) is 9.88 Å². The van der Waals surface area contributed by atoms with Crippen LogP contribution in [0, 0.1) is 17.2 Å². The highest BCUT2D eigenvalue weighted by molar-refractivity contribution is 5.99. The normalized spacial score (nSPS) is 26.4. The fourth-order valence-corrected chi connectivity index (χ4v) is 4.10. The molecule has 106 valence electrons. The minimum absolute atomic E-state index is 0.0374. The van der Waals surface area contributed by atoms with Crippen molar-refractivity contribution >= 4 is 16.8 Å². The van der Waals surface area contributed by atoms with Gasteiger partial charge in [0.15, 0.2) is 0 Å². The van der Waals surface area contributed by atoms with Gasteiger partial charge in [0.1, 0.15) is 11.8 Å². The number of hydrogen-bond donors (Lipinski definition) is 1. The van der Waals surface area contributed by atoms with E-state index in [1.807, 2.05) is 30.1 Å². The zero-order chi connectivity index (χ0) is 14.6. The van der Waals surface area contributed by atoms with Gasteiger partial charge in [0.2, 0.25) is 0 Å². The Kier molecular flexibility index (Phi) is 2.44. The third kappa shape index (κ3) is 1.64. The maximum atomic E-state index is 12.7. The van der Waals surface area contributed by atoms with E-state index in [0.717, 1.165) is 36.1 Å². The lowest BCUT2D eigenvalue weighted by atomic mass is 9.76. The Hall–Kier alpha value is -2.28. The van der Waals surface area contributed by atoms with E-state index in [1.54, 1.807) is 6.07 Å². The maximum absolute atomic E-state index is 12.7. The molecule has 0 saturated heterocycles. The van der Waals surface area contributed by atoms with Gasteiger partial charge in [0.25, 0.3) is 5.91 Å². The topological polar surface area (TPSA) is 59.9 Å². The van der Waals surface area contributed by atoms with Gasteiger partial charge < -0.3 is 9.88 Å². The monoisotopic (exact) mass is 279 g/mol. The first-order valence-corrected chi connectivity index (χ1v) is 7.43. The molecule has 1 aromatic heterocycles. The van der Waals surface area contributed by atoms with Crippen LogP contribution in [-0.4, -0.2) is 28.4 Å². The number of benzene rings is 1. The lowest BCUT2D eigenvalue weighted by Crippen LogP contribution is -2.52. The third-order valence-electron chi connectivity index (χ3n) is 5.38. The van der Waals surface area contributed by atoms with Gasteiger partial charge in [0, 0.05) is 18.0 Å². The van der Waals surface area contributed by atoms with E-state index in [9.17, 15) is 4.79 Å². The average Bonchev–Trinajstić information content (AvgIpc) is 3.17. The molecule has 1 N–H and O–H groups in total. The number of aromatic nitrogens is 1. The lowest BCUT2D eigenvalue weighted by molar-refractivity contribution is 0.0332. The first-order valence-electron chi connectivity index (χ1n) is 7.43. The van der Waals surface area contributed by atoms with Crippen LogP contribution in [-0.2, 0) is 0 Å². The predicted octanol–water partition coefficient (Wildman–Crippen LogP) is 3.05. The molecule has 0 aliphatic heterocycles. The number of nitrogens with zero attached hydrogens (tertiary/aromatic N) is 2. The van der Waals surface area contributed by atoms with E-state index in [1.165, 1.54) is 6.42 Å². The van der Waals surface area contributed by atoms with E-state index in [-0.39, 0.29) is 11.4 Å². The van der Waals surface area contributed by atoms with Crippen LogP contribution in [0.25, 0.3) is 10.9 Å². The number of nitriles is 1. The van der Waals surface area contributed by atoms with Crippen LogP contribution >= 0.6 is 0 Å². The molecule has 4 heteroatoms. The van der Waals surface area contributed by atoms with E-state index in [0.29, 0.717) is 11.3 Å². The highest BCUT2D eigenvalue weighted by Crippen LogP contribution is 2.55. The minimum atomic E-state index is 0.0374. The van der Waals surface area contributed by atoms with Crippen molar-refractivity contribution in [2.24, 2.45) is 5.92 Å². The average molecular weight is 279 g/mol. The van der Waals surface area contributed by atoms with Crippen molar-refractivity contribution in [2.45, 2.75) is 31.2 Å². The number of rotatable bonds is 2. The third-order valence-corrected chi connectivity index (χ3v) is 5.38. The second kappa shape index (κ2) is 4.11. The number of hydrogen-bond acceptors (Lipinski definition) is 2. The van der Waals surface area contributed by atoms with Crippen molar-refractivity contribution in [2.75, 3.05) is 7.05 Å². The van der Waals surface area contributed by atoms with E-state index in [4.69, 9.17) is 5.26 Å². The summed E-state index contributed by atoms with van der Waals surface area (Å²) in [5.74, 6) is 0.864. The first-order chi connectivity index (χ1) is 10.1. The smallest absolute Gasteiger partial charge is 0.270 e. The Morgan fingerprint density at radius 1 is 1.48 bits per heavy atom. The van der Waals surface area contributed by atoms with Crippen molar-refractivity contribution in [3.05, 3.63) is 35.5 Å². The van der Waals surface area contributed by atoms with Crippen LogP contribution in [0.2, 0.25) is 0 Å². The van der Waals surface area contributed by atoms with Gasteiger partial charge in [-0.2, -0.15) is 5.26 Å². The van der Waals surface area contributed by atoms with Crippen LogP contribution in [0.5, 0.6) is 0 Å². The van der Waals surface area contributed by atoms with Gasteiger partial charge in [-0.15, -0.1) is 0 Å². The highest BCUT2D eigenvalue weighted by atomic mass is 16.2. The summed E-state index contributed by atoms with van der Waals surface area (Å²) in [6, 6.07) is 9.56. The van der Waals surface area contributed by atoms with Crippen LogP contribution in [0.15, 0.2) is 24.3 Å². The summed E-state index contributed by atoms with van der Waals surface area (Å²) in [6.07, 6.45) is 4.68. The van der Waals surface area contributed by atoms with Crippen LogP contribution in [0.3, 0.4) is 0 Å². The Bertz CT molecular complexity index is 771. The fourth-order valence-electron chi connectivity index (χ4n) is 4.10. The molecule has 2 bridgehead atoms. The molecule has 21 heavy (non-hydrogen) atoms. The van der Waals surface area contributed by atoms with Crippen molar-refractivity contribution in [3.8, 4) is 6.07 Å². The molecule has 1 aromatic carbocycles. The zero-order valence-electron chi connectivity index (χ0n) is 12.0. The molecule has 0 radical (unpaired) electrons. The van der Waals surface area contributed by atoms with Crippen LogP contribution < -0.4 is 0 Å². The molecule has 0 atom stereocenters. The molecule has 0 spiro atoms. The van der Waals surface area contributed by atoms with Gasteiger partial charge in [0.05, 0.1) is 11.1 Å². The number of carbonyl (C=O) groups excluding carboxylic acids is 1. The number of nitrogens with one attached hydrogen (secondary N) is 1. The summed E-state index contributed by atoms with van der Waals surface area (Å²) in [4.78, 5) is 17.8. The summed E-state index contributed by atoms with van der Waals surface area (Å²) in [6.45, 7) is 0. The van der Waals surface area contributed by atoms with E-state index >= 15 is 0 Å².